The summed E-state index contributed by atoms with van der Waals surface area (Å²) in [6, 6.07) is 0. The van der Waals surface area contributed by atoms with E-state index >= 15 is 0 Å². The Hall–Kier alpha value is -1.32. The van der Waals surface area contributed by atoms with Crippen molar-refractivity contribution >= 4 is 11.9 Å². The number of carbonyl (C=O) groups is 2. The van der Waals surface area contributed by atoms with Gasteiger partial charge in [-0.3, -0.25) is 4.79 Å². The van der Waals surface area contributed by atoms with Gasteiger partial charge in [-0.05, 0) is 32.1 Å². The second-order valence-corrected chi connectivity index (χ2v) is 4.43. The van der Waals surface area contributed by atoms with Gasteiger partial charge < -0.3 is 10.4 Å². The second kappa shape index (κ2) is 7.09. The molecule has 4 heteroatoms. The van der Waals surface area contributed by atoms with Crippen LogP contribution in [0.25, 0.3) is 0 Å². The number of unbranched alkanes of at least 4 members (excludes halogenated alkanes) is 2. The number of carbonyl (C=O) groups excluding carboxylic acids is 1. The van der Waals surface area contributed by atoms with Crippen molar-refractivity contribution in [2.45, 2.75) is 51.9 Å². The monoisotopic (exact) mass is 239 g/mol. The Balaban J connectivity index is 2.55. The molecule has 0 aromatic rings. The lowest BCUT2D eigenvalue weighted by molar-refractivity contribution is -0.133. The van der Waals surface area contributed by atoms with Crippen molar-refractivity contribution in [2.24, 2.45) is 0 Å². The van der Waals surface area contributed by atoms with Gasteiger partial charge in [0, 0.05) is 17.7 Å². The van der Waals surface area contributed by atoms with Gasteiger partial charge in [0.25, 0.3) is 0 Å². The van der Waals surface area contributed by atoms with E-state index in [1.54, 1.807) is 0 Å². The van der Waals surface area contributed by atoms with E-state index in [1.807, 2.05) is 0 Å². The summed E-state index contributed by atoms with van der Waals surface area (Å²) in [5.74, 6) is -1.12. The molecule has 0 unspecified atom stereocenters. The summed E-state index contributed by atoms with van der Waals surface area (Å²) in [4.78, 5) is 22.9. The second-order valence-electron chi connectivity index (χ2n) is 4.43. The lowest BCUT2D eigenvalue weighted by Crippen LogP contribution is -2.29. The zero-order valence-corrected chi connectivity index (χ0v) is 10.4. The smallest absolute Gasteiger partial charge is 0.332 e. The fraction of sp³-hybridized carbons (Fsp3) is 0.692. The highest BCUT2D eigenvalue weighted by Crippen LogP contribution is 2.24. The first-order valence-electron chi connectivity index (χ1n) is 6.40. The highest BCUT2D eigenvalue weighted by Gasteiger charge is 2.22. The van der Waals surface area contributed by atoms with E-state index in [0.717, 1.165) is 32.1 Å². The lowest BCUT2D eigenvalue weighted by atomic mass is 9.91. The van der Waals surface area contributed by atoms with E-state index in [9.17, 15) is 9.59 Å². The SMILES string of the molecule is CCCCCNC(=O)C1=C(C(=O)O)CCCC1. The van der Waals surface area contributed by atoms with Gasteiger partial charge in [0.1, 0.15) is 0 Å². The zero-order chi connectivity index (χ0) is 12.7. The minimum atomic E-state index is -0.941. The van der Waals surface area contributed by atoms with Crippen LogP contribution in [-0.2, 0) is 9.59 Å². The standard InChI is InChI=1S/C13H21NO3/c1-2-3-6-9-14-12(15)10-7-4-5-8-11(10)13(16)17/h2-9H2,1H3,(H,14,15)(H,16,17). The third kappa shape index (κ3) is 4.21. The van der Waals surface area contributed by atoms with E-state index in [-0.39, 0.29) is 5.91 Å². The molecule has 0 aromatic carbocycles. The van der Waals surface area contributed by atoms with Crippen LogP contribution < -0.4 is 5.32 Å². The molecule has 0 saturated carbocycles. The number of rotatable bonds is 6. The molecule has 0 radical (unpaired) electrons. The quantitative estimate of drug-likeness (QED) is 0.699. The van der Waals surface area contributed by atoms with Crippen molar-refractivity contribution in [3.63, 3.8) is 0 Å². The van der Waals surface area contributed by atoms with Crippen LogP contribution in [0, 0.1) is 0 Å². The molecule has 17 heavy (non-hydrogen) atoms. The minimum Gasteiger partial charge on any atom is -0.478 e. The molecule has 0 aromatic heterocycles. The van der Waals surface area contributed by atoms with Crippen LogP contribution in [0.3, 0.4) is 0 Å². The van der Waals surface area contributed by atoms with Gasteiger partial charge in [-0.1, -0.05) is 19.8 Å². The number of nitrogens with one attached hydrogen (secondary N) is 1. The Kier molecular flexibility index (Phi) is 5.73. The Morgan fingerprint density at radius 2 is 1.82 bits per heavy atom. The summed E-state index contributed by atoms with van der Waals surface area (Å²) < 4.78 is 0. The van der Waals surface area contributed by atoms with Crippen molar-refractivity contribution in [3.8, 4) is 0 Å². The van der Waals surface area contributed by atoms with E-state index in [1.165, 1.54) is 0 Å². The predicted octanol–water partition coefficient (Wildman–Crippen LogP) is 2.25. The van der Waals surface area contributed by atoms with Crippen molar-refractivity contribution in [1.82, 2.24) is 5.32 Å². The molecule has 0 atom stereocenters. The molecule has 4 nitrogen and oxygen atoms in total. The highest BCUT2D eigenvalue weighted by atomic mass is 16.4. The summed E-state index contributed by atoms with van der Waals surface area (Å²) >= 11 is 0. The first-order chi connectivity index (χ1) is 8.16. The van der Waals surface area contributed by atoms with Gasteiger partial charge in [-0.15, -0.1) is 0 Å². The maximum Gasteiger partial charge on any atom is 0.332 e. The zero-order valence-electron chi connectivity index (χ0n) is 10.4. The minimum absolute atomic E-state index is 0.182. The average Bonchev–Trinajstić information content (AvgIpc) is 2.34. The number of aliphatic carboxylic acids is 1. The molecule has 0 spiro atoms. The molecule has 1 aliphatic rings. The van der Waals surface area contributed by atoms with E-state index in [4.69, 9.17) is 5.11 Å². The third-order valence-electron chi connectivity index (χ3n) is 3.07. The van der Waals surface area contributed by atoms with Crippen LogP contribution in [0.2, 0.25) is 0 Å². The maximum atomic E-state index is 11.8. The van der Waals surface area contributed by atoms with Crippen LogP contribution in [0.1, 0.15) is 51.9 Å². The molecule has 0 saturated heterocycles. The lowest BCUT2D eigenvalue weighted by Gasteiger charge is -2.17. The topological polar surface area (TPSA) is 66.4 Å². The Bertz CT molecular complexity index is 321. The molecule has 1 amide bonds. The third-order valence-corrected chi connectivity index (χ3v) is 3.07. The van der Waals surface area contributed by atoms with Gasteiger partial charge in [0.05, 0.1) is 0 Å². The van der Waals surface area contributed by atoms with Crippen LogP contribution >= 0.6 is 0 Å². The summed E-state index contributed by atoms with van der Waals surface area (Å²) in [5.41, 5.74) is 0.796. The summed E-state index contributed by atoms with van der Waals surface area (Å²) in [7, 11) is 0. The number of carboxylic acids is 1. The molecule has 0 fully saturated rings. The van der Waals surface area contributed by atoms with Crippen LogP contribution in [0.5, 0.6) is 0 Å². The maximum absolute atomic E-state index is 11.8. The molecule has 0 heterocycles. The van der Waals surface area contributed by atoms with Gasteiger partial charge in [0.15, 0.2) is 0 Å². The molecule has 96 valence electrons. The molecule has 0 aliphatic heterocycles. The fourth-order valence-corrected chi connectivity index (χ4v) is 2.08. The Morgan fingerprint density at radius 1 is 1.18 bits per heavy atom. The van der Waals surface area contributed by atoms with Crippen molar-refractivity contribution in [2.75, 3.05) is 6.54 Å². The Morgan fingerprint density at radius 3 is 2.41 bits per heavy atom. The average molecular weight is 239 g/mol. The van der Waals surface area contributed by atoms with E-state index < -0.39 is 5.97 Å². The van der Waals surface area contributed by atoms with Gasteiger partial charge in [-0.2, -0.15) is 0 Å². The summed E-state index contributed by atoms with van der Waals surface area (Å²) in [5, 5.41) is 11.8. The predicted molar refractivity (Wildman–Crippen MR) is 65.7 cm³/mol. The normalized spacial score (nSPS) is 15.8. The highest BCUT2D eigenvalue weighted by molar-refractivity contribution is 6.02. The van der Waals surface area contributed by atoms with Crippen molar-refractivity contribution in [3.05, 3.63) is 11.1 Å². The van der Waals surface area contributed by atoms with Gasteiger partial charge in [-0.25, -0.2) is 4.79 Å². The van der Waals surface area contributed by atoms with Gasteiger partial charge in [0.2, 0.25) is 5.91 Å². The molecular weight excluding hydrogens is 218 g/mol. The number of carboxylic acid groups (broad SMARTS) is 1. The molecule has 0 bridgehead atoms. The largest absolute Gasteiger partial charge is 0.478 e. The number of hydrogen-bond donors (Lipinski definition) is 2. The first kappa shape index (κ1) is 13.7. The fourth-order valence-electron chi connectivity index (χ4n) is 2.08. The van der Waals surface area contributed by atoms with Gasteiger partial charge >= 0.3 is 5.97 Å². The number of amides is 1. The molecule has 1 aliphatic carbocycles. The van der Waals surface area contributed by atoms with Crippen molar-refractivity contribution < 1.29 is 14.7 Å². The molecular formula is C13H21NO3. The van der Waals surface area contributed by atoms with E-state index in [2.05, 4.69) is 12.2 Å². The van der Waals surface area contributed by atoms with Crippen LogP contribution in [0.4, 0.5) is 0 Å². The molecule has 2 N–H and O–H groups in total. The number of hydrogen-bond acceptors (Lipinski definition) is 2. The van der Waals surface area contributed by atoms with Crippen molar-refractivity contribution in [1.29, 1.82) is 0 Å². The summed E-state index contributed by atoms with van der Waals surface area (Å²) in [6.07, 6.45) is 6.05. The van der Waals surface area contributed by atoms with Crippen LogP contribution in [-0.4, -0.2) is 23.5 Å². The van der Waals surface area contributed by atoms with Crippen LogP contribution in [0.15, 0.2) is 11.1 Å². The summed E-state index contributed by atoms with van der Waals surface area (Å²) in [6.45, 7) is 2.75. The first-order valence-corrected chi connectivity index (χ1v) is 6.40. The Labute approximate surface area is 102 Å². The molecule has 1 rings (SSSR count). The van der Waals surface area contributed by atoms with E-state index in [0.29, 0.717) is 30.5 Å².